The van der Waals surface area contributed by atoms with Crippen molar-refractivity contribution in [2.45, 2.75) is 0 Å². The van der Waals surface area contributed by atoms with E-state index in [2.05, 4.69) is 16.0 Å². The van der Waals surface area contributed by atoms with Crippen molar-refractivity contribution in [1.29, 1.82) is 0 Å². The minimum Gasteiger partial charge on any atom is -0.478 e. The summed E-state index contributed by atoms with van der Waals surface area (Å²) in [7, 11) is 0. The van der Waals surface area contributed by atoms with Gasteiger partial charge in [-0.05, 0) is 12.1 Å². The van der Waals surface area contributed by atoms with Crippen LogP contribution in [-0.4, -0.2) is 49.1 Å². The van der Waals surface area contributed by atoms with E-state index in [1.807, 2.05) is 0 Å². The predicted octanol–water partition coefficient (Wildman–Crippen LogP) is -1.01. The van der Waals surface area contributed by atoms with Crippen LogP contribution in [0.5, 0.6) is 0 Å². The molecule has 0 radical (unpaired) electrons. The summed E-state index contributed by atoms with van der Waals surface area (Å²) >= 11 is 0. The molecule has 0 saturated carbocycles. The molecule has 8 heteroatoms. The highest BCUT2D eigenvalue weighted by atomic mass is 16.4. The zero-order chi connectivity index (χ0) is 15.7. The Labute approximate surface area is 121 Å². The fourth-order valence-corrected chi connectivity index (χ4v) is 1.53. The normalized spacial score (nSPS) is 9.95. The molecule has 0 aromatic heterocycles. The lowest BCUT2D eigenvalue weighted by Gasteiger charge is -2.09. The number of aromatic carboxylic acids is 1. The molecule has 1 rings (SSSR count). The first-order valence-electron chi connectivity index (χ1n) is 6.38. The van der Waals surface area contributed by atoms with Gasteiger partial charge in [0.15, 0.2) is 0 Å². The van der Waals surface area contributed by atoms with Gasteiger partial charge in [-0.3, -0.25) is 9.59 Å². The van der Waals surface area contributed by atoms with Gasteiger partial charge in [-0.2, -0.15) is 0 Å². The van der Waals surface area contributed by atoms with Gasteiger partial charge in [0.05, 0.1) is 11.3 Å². The molecule has 0 unspecified atom stereocenters. The number of carbonyl (C=O) groups is 3. The highest BCUT2D eigenvalue weighted by Crippen LogP contribution is 2.14. The first kappa shape index (κ1) is 16.6. The van der Waals surface area contributed by atoms with Crippen LogP contribution in [0.1, 0.15) is 10.4 Å². The van der Waals surface area contributed by atoms with E-state index in [4.69, 9.17) is 10.8 Å². The Hall–Kier alpha value is -2.45. The minimum atomic E-state index is -1.18. The zero-order valence-electron chi connectivity index (χ0n) is 11.4. The van der Waals surface area contributed by atoms with Gasteiger partial charge in [-0.25, -0.2) is 4.79 Å². The van der Waals surface area contributed by atoms with E-state index in [9.17, 15) is 14.4 Å². The van der Waals surface area contributed by atoms with E-state index in [0.29, 0.717) is 19.6 Å². The Morgan fingerprint density at radius 3 is 2.43 bits per heavy atom. The van der Waals surface area contributed by atoms with Crippen LogP contribution in [-0.2, 0) is 9.59 Å². The Kier molecular flexibility index (Phi) is 6.85. The molecule has 21 heavy (non-hydrogen) atoms. The average molecular weight is 294 g/mol. The first-order valence-corrected chi connectivity index (χ1v) is 6.38. The molecule has 8 nitrogen and oxygen atoms in total. The van der Waals surface area contributed by atoms with E-state index in [1.54, 1.807) is 6.07 Å². The molecule has 0 bridgehead atoms. The van der Waals surface area contributed by atoms with Gasteiger partial charge in [0.2, 0.25) is 0 Å². The maximum absolute atomic E-state index is 11.7. The highest BCUT2D eigenvalue weighted by Gasteiger charge is 2.16. The molecule has 1 aromatic rings. The van der Waals surface area contributed by atoms with Crippen LogP contribution in [0.15, 0.2) is 24.3 Å². The molecule has 0 aliphatic heterocycles. The third-order valence-corrected chi connectivity index (χ3v) is 2.52. The minimum absolute atomic E-state index is 0.0754. The fourth-order valence-electron chi connectivity index (χ4n) is 1.53. The predicted molar refractivity (Wildman–Crippen MR) is 77.0 cm³/mol. The van der Waals surface area contributed by atoms with Gasteiger partial charge in [0, 0.05) is 26.2 Å². The van der Waals surface area contributed by atoms with E-state index in [-0.39, 0.29) is 17.8 Å². The first-order chi connectivity index (χ1) is 10.1. The number of carboxylic acid groups (broad SMARTS) is 1. The molecule has 0 saturated heterocycles. The molecule has 0 fully saturated rings. The lowest BCUT2D eigenvalue weighted by atomic mass is 10.2. The molecule has 114 valence electrons. The summed E-state index contributed by atoms with van der Waals surface area (Å²) in [4.78, 5) is 34.2. The topological polar surface area (TPSA) is 134 Å². The van der Waals surface area contributed by atoms with Crippen LogP contribution in [0.25, 0.3) is 0 Å². The number of benzene rings is 1. The number of anilines is 1. The number of carboxylic acids is 1. The number of hydrogen-bond acceptors (Lipinski definition) is 5. The SMILES string of the molecule is NCCNCCNC(=O)C(=O)Nc1ccccc1C(=O)O. The van der Waals surface area contributed by atoms with E-state index < -0.39 is 17.8 Å². The second kappa shape index (κ2) is 8.67. The standard InChI is InChI=1S/C13H18N4O4/c14-5-6-15-7-8-16-11(18)12(19)17-10-4-2-1-3-9(10)13(20)21/h1-4,15H,5-8,14H2,(H,16,18)(H,17,19)(H,20,21). The average Bonchev–Trinajstić information content (AvgIpc) is 2.47. The van der Waals surface area contributed by atoms with E-state index in [1.165, 1.54) is 18.2 Å². The van der Waals surface area contributed by atoms with Crippen molar-refractivity contribution in [3.8, 4) is 0 Å². The number of nitrogens with one attached hydrogen (secondary N) is 3. The Morgan fingerprint density at radius 1 is 1.05 bits per heavy atom. The molecule has 1 aromatic carbocycles. The maximum atomic E-state index is 11.7. The van der Waals surface area contributed by atoms with Gasteiger partial charge in [-0.15, -0.1) is 0 Å². The van der Waals surface area contributed by atoms with Crippen LogP contribution in [0, 0.1) is 0 Å². The lowest BCUT2D eigenvalue weighted by molar-refractivity contribution is -0.136. The number of carbonyl (C=O) groups excluding carboxylic acids is 2. The van der Waals surface area contributed by atoms with Gasteiger partial charge in [-0.1, -0.05) is 12.1 Å². The van der Waals surface area contributed by atoms with E-state index in [0.717, 1.165) is 0 Å². The fraction of sp³-hybridized carbons (Fsp3) is 0.308. The van der Waals surface area contributed by atoms with Crippen LogP contribution in [0.3, 0.4) is 0 Å². The van der Waals surface area contributed by atoms with Crippen molar-refractivity contribution in [3.63, 3.8) is 0 Å². The quantitative estimate of drug-likeness (QED) is 0.323. The number of hydrogen-bond donors (Lipinski definition) is 5. The van der Waals surface area contributed by atoms with Gasteiger partial charge >= 0.3 is 17.8 Å². The molecule has 2 amide bonds. The van der Waals surface area contributed by atoms with Crippen LogP contribution < -0.4 is 21.7 Å². The third kappa shape index (κ3) is 5.59. The van der Waals surface area contributed by atoms with Crippen molar-refractivity contribution in [3.05, 3.63) is 29.8 Å². The van der Waals surface area contributed by atoms with Crippen molar-refractivity contribution >= 4 is 23.5 Å². The lowest BCUT2D eigenvalue weighted by Crippen LogP contribution is -2.39. The monoisotopic (exact) mass is 294 g/mol. The van der Waals surface area contributed by atoms with Gasteiger partial charge < -0.3 is 26.8 Å². The second-order valence-corrected chi connectivity index (χ2v) is 4.10. The number of amides is 2. The molecule has 0 spiro atoms. The summed E-state index contributed by atoms with van der Waals surface area (Å²) in [6.07, 6.45) is 0. The second-order valence-electron chi connectivity index (χ2n) is 4.10. The van der Waals surface area contributed by atoms with Crippen LogP contribution in [0.4, 0.5) is 5.69 Å². The van der Waals surface area contributed by atoms with Crippen molar-refractivity contribution in [2.75, 3.05) is 31.5 Å². The number of nitrogens with two attached hydrogens (primary N) is 1. The maximum Gasteiger partial charge on any atom is 0.337 e. The smallest absolute Gasteiger partial charge is 0.337 e. The molecule has 6 N–H and O–H groups in total. The summed E-state index contributed by atoms with van der Waals surface area (Å²) in [5.41, 5.74) is 5.28. The summed E-state index contributed by atoms with van der Waals surface area (Å²) in [6.45, 7) is 1.86. The summed E-state index contributed by atoms with van der Waals surface area (Å²) in [5.74, 6) is -2.93. The van der Waals surface area contributed by atoms with E-state index >= 15 is 0 Å². The number of rotatable bonds is 7. The Balaban J connectivity index is 2.49. The summed E-state index contributed by atoms with van der Waals surface area (Å²) < 4.78 is 0. The molecular weight excluding hydrogens is 276 g/mol. The van der Waals surface area contributed by atoms with Crippen LogP contribution >= 0.6 is 0 Å². The van der Waals surface area contributed by atoms with Crippen molar-refractivity contribution in [2.24, 2.45) is 5.73 Å². The van der Waals surface area contributed by atoms with Gasteiger partial charge in [0.25, 0.3) is 0 Å². The zero-order valence-corrected chi connectivity index (χ0v) is 11.4. The van der Waals surface area contributed by atoms with Crippen LogP contribution in [0.2, 0.25) is 0 Å². The summed E-state index contributed by atoms with van der Waals surface area (Å²) in [6, 6.07) is 5.85. The molecular formula is C13H18N4O4. The van der Waals surface area contributed by atoms with Crippen molar-refractivity contribution < 1.29 is 19.5 Å². The largest absolute Gasteiger partial charge is 0.478 e. The van der Waals surface area contributed by atoms with Crippen molar-refractivity contribution in [1.82, 2.24) is 10.6 Å². The highest BCUT2D eigenvalue weighted by molar-refractivity contribution is 6.39. The molecule has 0 aliphatic carbocycles. The third-order valence-electron chi connectivity index (χ3n) is 2.52. The number of para-hydroxylation sites is 1. The Bertz CT molecular complexity index is 519. The molecule has 0 heterocycles. The molecule has 0 atom stereocenters. The Morgan fingerprint density at radius 2 is 1.76 bits per heavy atom. The van der Waals surface area contributed by atoms with Gasteiger partial charge in [0.1, 0.15) is 0 Å². The summed E-state index contributed by atoms with van der Waals surface area (Å²) in [5, 5.41) is 16.6. The molecule has 0 aliphatic rings.